The van der Waals surface area contributed by atoms with Crippen LogP contribution in [0.4, 0.5) is 13.2 Å². The highest BCUT2D eigenvalue weighted by Crippen LogP contribution is 2.34. The molecule has 10 heteroatoms. The van der Waals surface area contributed by atoms with Crippen molar-refractivity contribution < 1.29 is 27.4 Å². The van der Waals surface area contributed by atoms with E-state index in [-0.39, 0.29) is 30.0 Å². The first-order valence-electron chi connectivity index (χ1n) is 9.03. The van der Waals surface area contributed by atoms with Crippen molar-refractivity contribution in [2.75, 3.05) is 13.3 Å². The molecule has 6 nitrogen and oxygen atoms in total. The van der Waals surface area contributed by atoms with E-state index in [1.807, 2.05) is 6.07 Å². The van der Waals surface area contributed by atoms with Crippen molar-refractivity contribution in [3.63, 3.8) is 0 Å². The van der Waals surface area contributed by atoms with Gasteiger partial charge in [0.05, 0.1) is 11.6 Å². The molecular formula is C21H14F3N3O3S. The summed E-state index contributed by atoms with van der Waals surface area (Å²) >= 11 is 1.09. The lowest BCUT2D eigenvalue weighted by molar-refractivity contribution is -0.137. The first-order valence-corrected chi connectivity index (χ1v) is 10.0. The van der Waals surface area contributed by atoms with Crippen molar-refractivity contribution in [1.82, 2.24) is 4.90 Å². The van der Waals surface area contributed by atoms with Gasteiger partial charge in [-0.3, -0.25) is 9.69 Å². The SMILES string of the molecule is N#CCN1C(=O)C(=Cc2ccc3c(c2)OCO3)N=C1SCc1cccc(C(F)(F)F)c1. The molecule has 2 aliphatic rings. The Labute approximate surface area is 179 Å². The molecule has 0 atom stereocenters. The second-order valence-electron chi connectivity index (χ2n) is 6.57. The number of benzene rings is 2. The molecule has 0 radical (unpaired) electrons. The monoisotopic (exact) mass is 445 g/mol. The van der Waals surface area contributed by atoms with Gasteiger partial charge in [0, 0.05) is 5.75 Å². The van der Waals surface area contributed by atoms with Crippen molar-refractivity contribution in [3.8, 4) is 17.6 Å². The summed E-state index contributed by atoms with van der Waals surface area (Å²) in [6, 6.07) is 12.0. The molecule has 0 spiro atoms. The maximum absolute atomic E-state index is 12.9. The van der Waals surface area contributed by atoms with Gasteiger partial charge in [-0.1, -0.05) is 36.0 Å². The second-order valence-corrected chi connectivity index (χ2v) is 7.52. The van der Waals surface area contributed by atoms with Gasteiger partial charge < -0.3 is 9.47 Å². The van der Waals surface area contributed by atoms with E-state index in [4.69, 9.17) is 14.7 Å². The van der Waals surface area contributed by atoms with E-state index in [1.165, 1.54) is 11.0 Å². The number of hydrogen-bond acceptors (Lipinski definition) is 6. The number of ether oxygens (including phenoxy) is 2. The molecule has 0 bridgehead atoms. The van der Waals surface area contributed by atoms with Crippen LogP contribution in [0.3, 0.4) is 0 Å². The van der Waals surface area contributed by atoms with Gasteiger partial charge in [0.15, 0.2) is 16.7 Å². The van der Waals surface area contributed by atoms with E-state index < -0.39 is 17.6 Å². The molecule has 2 heterocycles. The highest BCUT2D eigenvalue weighted by atomic mass is 32.2. The number of fused-ring (bicyclic) bond motifs is 1. The van der Waals surface area contributed by atoms with Crippen LogP contribution in [0.2, 0.25) is 0 Å². The van der Waals surface area contributed by atoms with E-state index in [0.717, 1.165) is 23.9 Å². The highest BCUT2D eigenvalue weighted by molar-refractivity contribution is 8.13. The van der Waals surface area contributed by atoms with E-state index >= 15 is 0 Å². The molecule has 0 saturated heterocycles. The maximum Gasteiger partial charge on any atom is 0.416 e. The lowest BCUT2D eigenvalue weighted by Crippen LogP contribution is -2.30. The van der Waals surface area contributed by atoms with Gasteiger partial charge >= 0.3 is 6.18 Å². The number of nitrogens with zero attached hydrogens (tertiary/aromatic N) is 3. The number of carbonyl (C=O) groups excluding carboxylic acids is 1. The lowest BCUT2D eigenvalue weighted by Gasteiger charge is -2.14. The van der Waals surface area contributed by atoms with Crippen molar-refractivity contribution >= 4 is 28.9 Å². The van der Waals surface area contributed by atoms with E-state index in [1.54, 1.807) is 30.3 Å². The average molecular weight is 445 g/mol. The molecule has 0 unspecified atom stereocenters. The molecule has 2 aliphatic heterocycles. The third-order valence-corrected chi connectivity index (χ3v) is 5.51. The fourth-order valence-electron chi connectivity index (χ4n) is 3.00. The third kappa shape index (κ3) is 4.51. The van der Waals surface area contributed by atoms with Gasteiger partial charge in [-0.15, -0.1) is 0 Å². The lowest BCUT2D eigenvalue weighted by atomic mass is 10.1. The van der Waals surface area contributed by atoms with E-state index in [2.05, 4.69) is 4.99 Å². The van der Waals surface area contributed by atoms with E-state index in [9.17, 15) is 18.0 Å². The minimum Gasteiger partial charge on any atom is -0.454 e. The van der Waals surface area contributed by atoms with Crippen LogP contribution in [0.1, 0.15) is 16.7 Å². The predicted molar refractivity (Wildman–Crippen MR) is 108 cm³/mol. The molecule has 0 fully saturated rings. The van der Waals surface area contributed by atoms with Crippen LogP contribution >= 0.6 is 11.8 Å². The second kappa shape index (κ2) is 8.35. The Balaban J connectivity index is 1.55. The Hall–Kier alpha value is -3.45. The molecular weight excluding hydrogens is 431 g/mol. The zero-order valence-electron chi connectivity index (χ0n) is 15.8. The molecule has 0 aliphatic carbocycles. The number of hydrogen-bond donors (Lipinski definition) is 0. The number of alkyl halides is 3. The largest absolute Gasteiger partial charge is 0.454 e. The smallest absolute Gasteiger partial charge is 0.416 e. The molecule has 31 heavy (non-hydrogen) atoms. The summed E-state index contributed by atoms with van der Waals surface area (Å²) in [7, 11) is 0. The Morgan fingerprint density at radius 3 is 2.77 bits per heavy atom. The molecule has 2 aromatic rings. The fraction of sp³-hybridized carbons (Fsp3) is 0.190. The molecule has 2 aromatic carbocycles. The van der Waals surface area contributed by atoms with Crippen LogP contribution in [0.15, 0.2) is 53.2 Å². The van der Waals surface area contributed by atoms with Crippen molar-refractivity contribution in [2.45, 2.75) is 11.9 Å². The summed E-state index contributed by atoms with van der Waals surface area (Å²) in [6.07, 6.45) is -2.87. The van der Waals surface area contributed by atoms with Crippen LogP contribution < -0.4 is 9.47 Å². The number of rotatable bonds is 4. The normalized spacial score (nSPS) is 16.6. The quantitative estimate of drug-likeness (QED) is 0.514. The molecule has 0 N–H and O–H groups in total. The van der Waals surface area contributed by atoms with Crippen molar-refractivity contribution in [1.29, 1.82) is 5.26 Å². The first-order chi connectivity index (χ1) is 14.8. The molecule has 0 aromatic heterocycles. The number of thioether (sulfide) groups is 1. The molecule has 1 amide bonds. The predicted octanol–water partition coefficient (Wildman–Crippen LogP) is 4.43. The van der Waals surface area contributed by atoms with Gasteiger partial charge in [0.1, 0.15) is 12.2 Å². The highest BCUT2D eigenvalue weighted by Gasteiger charge is 2.32. The standard InChI is InChI=1S/C21H14F3N3O3S/c22-21(23,24)15-3-1-2-14(8-15)11-31-20-26-16(19(28)27(20)7-6-25)9-13-4-5-17-18(10-13)30-12-29-17/h1-5,8-10H,7,11-12H2. The van der Waals surface area contributed by atoms with Crippen LogP contribution in [0, 0.1) is 11.3 Å². The van der Waals surface area contributed by atoms with Crippen molar-refractivity contribution in [3.05, 3.63) is 64.9 Å². The Kier molecular flexibility index (Phi) is 5.61. The number of aliphatic imine (C=N–C) groups is 1. The molecule has 158 valence electrons. The topological polar surface area (TPSA) is 74.9 Å². The number of amidine groups is 1. The van der Waals surface area contributed by atoms with Gasteiger partial charge in [-0.25, -0.2) is 4.99 Å². The zero-order chi connectivity index (χ0) is 22.0. The third-order valence-electron chi connectivity index (χ3n) is 4.46. The van der Waals surface area contributed by atoms with Crippen LogP contribution in [0.5, 0.6) is 11.5 Å². The zero-order valence-corrected chi connectivity index (χ0v) is 16.7. The summed E-state index contributed by atoms with van der Waals surface area (Å²) in [5, 5.41) is 9.33. The summed E-state index contributed by atoms with van der Waals surface area (Å²) < 4.78 is 49.3. The average Bonchev–Trinajstić information content (AvgIpc) is 3.32. The summed E-state index contributed by atoms with van der Waals surface area (Å²) in [6.45, 7) is -0.0928. The van der Waals surface area contributed by atoms with Gasteiger partial charge in [0.25, 0.3) is 5.91 Å². The Morgan fingerprint density at radius 1 is 1.19 bits per heavy atom. The number of carbonyl (C=O) groups is 1. The van der Waals surface area contributed by atoms with Gasteiger partial charge in [0.2, 0.25) is 6.79 Å². The van der Waals surface area contributed by atoms with Gasteiger partial charge in [-0.05, 0) is 35.4 Å². The minimum atomic E-state index is -4.44. The summed E-state index contributed by atoms with van der Waals surface area (Å²) in [5.41, 5.74) is 0.477. The van der Waals surface area contributed by atoms with Crippen LogP contribution in [-0.2, 0) is 16.7 Å². The van der Waals surface area contributed by atoms with Gasteiger partial charge in [-0.2, -0.15) is 18.4 Å². The van der Waals surface area contributed by atoms with E-state index in [0.29, 0.717) is 22.6 Å². The molecule has 0 saturated carbocycles. The summed E-state index contributed by atoms with van der Waals surface area (Å²) in [4.78, 5) is 18.2. The molecule has 4 rings (SSSR count). The van der Waals surface area contributed by atoms with Crippen molar-refractivity contribution in [2.24, 2.45) is 4.99 Å². The Morgan fingerprint density at radius 2 is 2.00 bits per heavy atom. The van der Waals surface area contributed by atoms with Crippen LogP contribution in [-0.4, -0.2) is 29.3 Å². The first kappa shape index (κ1) is 20.8. The van der Waals surface area contributed by atoms with Crippen LogP contribution in [0.25, 0.3) is 6.08 Å². The fourth-order valence-corrected chi connectivity index (χ4v) is 3.94. The number of halogens is 3. The Bertz CT molecular complexity index is 1140. The summed E-state index contributed by atoms with van der Waals surface area (Å²) in [5.74, 6) is 0.865. The minimum absolute atomic E-state index is 0.124. The number of amides is 1. The number of nitriles is 1. The maximum atomic E-state index is 12.9.